The van der Waals surface area contributed by atoms with Gasteiger partial charge in [-0.2, -0.15) is 0 Å². The van der Waals surface area contributed by atoms with Crippen molar-refractivity contribution in [2.45, 2.75) is 32.1 Å². The first-order valence-electron chi connectivity index (χ1n) is 8.82. The van der Waals surface area contributed by atoms with Gasteiger partial charge >= 0.3 is 0 Å². The van der Waals surface area contributed by atoms with Crippen LogP contribution >= 0.6 is 0 Å². The van der Waals surface area contributed by atoms with Gasteiger partial charge in [0.1, 0.15) is 11.6 Å². The lowest BCUT2D eigenvalue weighted by Crippen LogP contribution is -2.43. The van der Waals surface area contributed by atoms with Crippen LogP contribution in [-0.2, 0) is 0 Å². The van der Waals surface area contributed by atoms with E-state index in [1.807, 2.05) is 17.2 Å². The van der Waals surface area contributed by atoms with Gasteiger partial charge in [-0.1, -0.05) is 5.16 Å². The number of pyridine rings is 1. The van der Waals surface area contributed by atoms with Crippen LogP contribution < -0.4 is 15.4 Å². The molecule has 2 aliphatic heterocycles. The molecule has 0 aromatic carbocycles. The second-order valence-electron chi connectivity index (χ2n) is 6.60. The second-order valence-corrected chi connectivity index (χ2v) is 6.60. The van der Waals surface area contributed by atoms with Crippen LogP contribution in [0.25, 0.3) is 0 Å². The normalized spacial score (nSPS) is 20.2. The molecule has 2 aliphatic rings. The number of nitrogens with zero attached hydrogens (tertiary/aromatic N) is 4. The van der Waals surface area contributed by atoms with Gasteiger partial charge in [-0.05, 0) is 50.2 Å². The van der Waals surface area contributed by atoms with E-state index >= 15 is 0 Å². The van der Waals surface area contributed by atoms with Crippen LogP contribution in [0, 0.1) is 5.92 Å². The topological polar surface area (TPSA) is 87.2 Å². The summed E-state index contributed by atoms with van der Waals surface area (Å²) in [6, 6.07) is 4.07. The Bertz CT molecular complexity index is 534. The Labute approximate surface area is 143 Å². The van der Waals surface area contributed by atoms with E-state index in [0.717, 1.165) is 50.6 Å². The van der Waals surface area contributed by atoms with Crippen molar-refractivity contribution in [1.29, 1.82) is 0 Å². The Morgan fingerprint density at radius 3 is 2.58 bits per heavy atom. The maximum atomic E-state index is 8.71. The lowest BCUT2D eigenvalue weighted by atomic mass is 9.98. The summed E-state index contributed by atoms with van der Waals surface area (Å²) >= 11 is 0. The lowest BCUT2D eigenvalue weighted by Gasteiger charge is -2.31. The van der Waals surface area contributed by atoms with Crippen LogP contribution in [0.1, 0.15) is 32.1 Å². The monoisotopic (exact) mass is 333 g/mol. The molecular weight excluding hydrogens is 306 g/mol. The second kappa shape index (κ2) is 8.08. The van der Waals surface area contributed by atoms with Crippen LogP contribution in [0.2, 0.25) is 0 Å². The van der Waals surface area contributed by atoms with E-state index in [2.05, 4.69) is 21.1 Å². The van der Waals surface area contributed by atoms with Gasteiger partial charge in [0.05, 0.1) is 12.8 Å². The fourth-order valence-electron chi connectivity index (χ4n) is 3.37. The standard InChI is InChI=1S/C17H27N5O2/c18-17(20-23)22-10-6-14(7-11-22)13-24-15-4-5-16(19-12-15)21-8-2-1-3-9-21/h4-5,12,14,23H,1-3,6-11,13H2,(H2,18,20). The van der Waals surface area contributed by atoms with Gasteiger partial charge in [-0.25, -0.2) is 4.98 Å². The highest BCUT2D eigenvalue weighted by Gasteiger charge is 2.21. The number of likely N-dealkylation sites (tertiary alicyclic amines) is 1. The molecule has 0 spiro atoms. The van der Waals surface area contributed by atoms with E-state index in [9.17, 15) is 0 Å². The summed E-state index contributed by atoms with van der Waals surface area (Å²) < 4.78 is 5.90. The number of anilines is 1. The van der Waals surface area contributed by atoms with Crippen LogP contribution in [0.5, 0.6) is 5.75 Å². The molecule has 0 unspecified atom stereocenters. The first-order chi connectivity index (χ1) is 11.8. The predicted octanol–water partition coefficient (Wildman–Crippen LogP) is 1.87. The van der Waals surface area contributed by atoms with Crippen molar-refractivity contribution < 1.29 is 9.94 Å². The summed E-state index contributed by atoms with van der Waals surface area (Å²) in [6.07, 6.45) is 7.63. The van der Waals surface area contributed by atoms with E-state index in [1.54, 1.807) is 0 Å². The summed E-state index contributed by atoms with van der Waals surface area (Å²) in [4.78, 5) is 8.78. The molecule has 0 saturated carbocycles. The van der Waals surface area contributed by atoms with E-state index in [4.69, 9.17) is 15.7 Å². The molecule has 0 aliphatic carbocycles. The van der Waals surface area contributed by atoms with Crippen LogP contribution in [0.3, 0.4) is 0 Å². The molecule has 2 fully saturated rings. The molecule has 0 atom stereocenters. The van der Waals surface area contributed by atoms with Gasteiger partial charge in [0.2, 0.25) is 5.96 Å². The van der Waals surface area contributed by atoms with Crippen molar-refractivity contribution in [1.82, 2.24) is 9.88 Å². The minimum Gasteiger partial charge on any atom is -0.492 e. The van der Waals surface area contributed by atoms with Gasteiger partial charge in [-0.3, -0.25) is 0 Å². The molecule has 1 aromatic heterocycles. The van der Waals surface area contributed by atoms with E-state index in [0.29, 0.717) is 12.5 Å². The van der Waals surface area contributed by atoms with E-state index in [1.165, 1.54) is 19.3 Å². The summed E-state index contributed by atoms with van der Waals surface area (Å²) in [6.45, 7) is 4.50. The molecule has 24 heavy (non-hydrogen) atoms. The Hall–Kier alpha value is -2.18. The third-order valence-corrected chi connectivity index (χ3v) is 4.93. The third-order valence-electron chi connectivity index (χ3n) is 4.93. The van der Waals surface area contributed by atoms with Crippen molar-refractivity contribution in [2.75, 3.05) is 37.7 Å². The average molecular weight is 333 g/mol. The summed E-state index contributed by atoms with van der Waals surface area (Å²) in [5, 5.41) is 11.8. The number of rotatable bonds is 4. The maximum Gasteiger partial charge on any atom is 0.233 e. The van der Waals surface area contributed by atoms with Gasteiger partial charge in [-0.15, -0.1) is 0 Å². The average Bonchev–Trinajstić information content (AvgIpc) is 2.67. The number of aromatic nitrogens is 1. The zero-order valence-electron chi connectivity index (χ0n) is 14.1. The molecule has 7 heteroatoms. The number of nitrogens with two attached hydrogens (primary N) is 1. The van der Waals surface area contributed by atoms with E-state index in [-0.39, 0.29) is 5.96 Å². The Morgan fingerprint density at radius 2 is 1.96 bits per heavy atom. The highest BCUT2D eigenvalue weighted by molar-refractivity contribution is 5.77. The molecule has 2 saturated heterocycles. The molecule has 0 amide bonds. The van der Waals surface area contributed by atoms with Gasteiger partial charge in [0.25, 0.3) is 0 Å². The molecular formula is C17H27N5O2. The van der Waals surface area contributed by atoms with Crippen molar-refractivity contribution >= 4 is 11.8 Å². The highest BCUT2D eigenvalue weighted by Crippen LogP contribution is 2.22. The van der Waals surface area contributed by atoms with Crippen LogP contribution in [0.4, 0.5) is 5.82 Å². The summed E-state index contributed by atoms with van der Waals surface area (Å²) in [7, 11) is 0. The fourth-order valence-corrected chi connectivity index (χ4v) is 3.37. The van der Waals surface area contributed by atoms with Crippen molar-refractivity contribution in [3.05, 3.63) is 18.3 Å². The predicted molar refractivity (Wildman–Crippen MR) is 93.5 cm³/mol. The molecule has 1 aromatic rings. The van der Waals surface area contributed by atoms with Crippen LogP contribution in [0.15, 0.2) is 23.5 Å². The zero-order chi connectivity index (χ0) is 16.8. The smallest absolute Gasteiger partial charge is 0.233 e. The summed E-state index contributed by atoms with van der Waals surface area (Å²) in [5.41, 5.74) is 5.62. The number of piperidine rings is 2. The zero-order valence-corrected chi connectivity index (χ0v) is 14.1. The van der Waals surface area contributed by atoms with Crippen LogP contribution in [-0.4, -0.2) is 53.8 Å². The molecule has 3 rings (SSSR count). The lowest BCUT2D eigenvalue weighted by molar-refractivity contribution is 0.176. The van der Waals surface area contributed by atoms with Gasteiger partial charge in [0.15, 0.2) is 0 Å². The van der Waals surface area contributed by atoms with Crippen molar-refractivity contribution in [3.8, 4) is 5.75 Å². The number of oxime groups is 1. The number of hydrogen-bond donors (Lipinski definition) is 2. The molecule has 132 valence electrons. The summed E-state index contributed by atoms with van der Waals surface area (Å²) in [5.74, 6) is 2.57. The quantitative estimate of drug-likeness (QED) is 0.378. The van der Waals surface area contributed by atoms with E-state index < -0.39 is 0 Å². The highest BCUT2D eigenvalue weighted by atomic mass is 16.5. The Kier molecular flexibility index (Phi) is 5.61. The van der Waals surface area contributed by atoms with Crippen molar-refractivity contribution in [2.24, 2.45) is 16.8 Å². The molecule has 7 nitrogen and oxygen atoms in total. The number of hydrogen-bond acceptors (Lipinski definition) is 5. The van der Waals surface area contributed by atoms with Gasteiger partial charge < -0.3 is 25.5 Å². The number of ether oxygens (including phenoxy) is 1. The van der Waals surface area contributed by atoms with Gasteiger partial charge in [0, 0.05) is 26.2 Å². The largest absolute Gasteiger partial charge is 0.492 e. The molecule has 0 radical (unpaired) electrons. The third kappa shape index (κ3) is 4.21. The maximum absolute atomic E-state index is 8.71. The first-order valence-corrected chi connectivity index (χ1v) is 8.82. The Balaban J connectivity index is 1.44. The fraction of sp³-hybridized carbons (Fsp3) is 0.647. The Morgan fingerprint density at radius 1 is 1.21 bits per heavy atom. The number of guanidine groups is 1. The molecule has 3 N–H and O–H groups in total. The minimum atomic E-state index is 0.201. The molecule has 0 bridgehead atoms. The molecule has 3 heterocycles. The first kappa shape index (κ1) is 16.7. The minimum absolute atomic E-state index is 0.201. The SMILES string of the molecule is N/C(=N\O)N1CCC(COc2ccc(N3CCCCC3)nc2)CC1. The van der Waals surface area contributed by atoms with Crippen molar-refractivity contribution in [3.63, 3.8) is 0 Å².